The van der Waals surface area contributed by atoms with Gasteiger partial charge in [0.15, 0.2) is 0 Å². The van der Waals surface area contributed by atoms with Crippen LogP contribution in [0.5, 0.6) is 0 Å². The van der Waals surface area contributed by atoms with Gasteiger partial charge < -0.3 is 5.32 Å². The van der Waals surface area contributed by atoms with Crippen LogP contribution in [0.2, 0.25) is 0 Å². The number of nitrogens with one attached hydrogen (secondary N) is 1. The monoisotopic (exact) mass is 261 g/mol. The fraction of sp³-hybridized carbons (Fsp3) is 0.231. The number of thioether (sulfide) groups is 1. The van der Waals surface area contributed by atoms with Crippen molar-refractivity contribution in [1.82, 2.24) is 5.32 Å². The van der Waals surface area contributed by atoms with Crippen molar-refractivity contribution >= 4 is 40.3 Å². The first-order chi connectivity index (χ1) is 8.22. The Hall–Kier alpha value is -1.13. The number of thiocarbonyl (C=S) groups is 1. The number of hydrogen-bond donors (Lipinski definition) is 1. The number of hydrogen-bond acceptors (Lipinski definition) is 3. The van der Waals surface area contributed by atoms with E-state index < -0.39 is 0 Å². The van der Waals surface area contributed by atoms with Crippen molar-refractivity contribution in [1.29, 1.82) is 0 Å². The summed E-state index contributed by atoms with van der Waals surface area (Å²) in [4.78, 5) is 12.2. The minimum absolute atomic E-state index is 0.0829. The van der Waals surface area contributed by atoms with Gasteiger partial charge in [-0.3, -0.25) is 4.79 Å². The molecule has 2 aliphatic rings. The van der Waals surface area contributed by atoms with Gasteiger partial charge in [0.1, 0.15) is 4.32 Å². The normalized spacial score (nSPS) is 20.8. The van der Waals surface area contributed by atoms with E-state index in [0.717, 1.165) is 12.0 Å². The number of amides is 1. The van der Waals surface area contributed by atoms with Crippen LogP contribution in [0.25, 0.3) is 6.08 Å². The fourth-order valence-electron chi connectivity index (χ4n) is 2.25. The van der Waals surface area contributed by atoms with Gasteiger partial charge >= 0.3 is 0 Å². The highest BCUT2D eigenvalue weighted by molar-refractivity contribution is 8.26. The smallest absolute Gasteiger partial charge is 0.263 e. The average molecular weight is 261 g/mol. The summed E-state index contributed by atoms with van der Waals surface area (Å²) in [7, 11) is 0. The molecule has 0 unspecified atom stereocenters. The summed E-state index contributed by atoms with van der Waals surface area (Å²) in [5.74, 6) is -0.0829. The zero-order valence-electron chi connectivity index (χ0n) is 9.16. The Balaban J connectivity index is 1.93. The van der Waals surface area contributed by atoms with Crippen LogP contribution in [0.15, 0.2) is 23.1 Å². The molecule has 1 amide bonds. The van der Waals surface area contributed by atoms with Crippen molar-refractivity contribution < 1.29 is 4.79 Å². The fourth-order valence-corrected chi connectivity index (χ4v) is 3.30. The SMILES string of the molecule is O=C1NC(=S)S/C1=C\c1ccc2c(c1)CCC2. The van der Waals surface area contributed by atoms with Gasteiger partial charge in [-0.2, -0.15) is 0 Å². The Kier molecular flexibility index (Phi) is 2.76. The van der Waals surface area contributed by atoms with Gasteiger partial charge in [0.2, 0.25) is 0 Å². The molecule has 1 aromatic carbocycles. The average Bonchev–Trinajstić information content (AvgIpc) is 2.85. The van der Waals surface area contributed by atoms with Gasteiger partial charge in [0, 0.05) is 0 Å². The highest BCUT2D eigenvalue weighted by Gasteiger charge is 2.22. The molecule has 1 N–H and O–H groups in total. The predicted molar refractivity (Wildman–Crippen MR) is 74.8 cm³/mol. The summed E-state index contributed by atoms with van der Waals surface area (Å²) in [6, 6.07) is 6.43. The van der Waals surface area contributed by atoms with E-state index in [0.29, 0.717) is 9.23 Å². The van der Waals surface area contributed by atoms with Gasteiger partial charge in [0.05, 0.1) is 4.91 Å². The van der Waals surface area contributed by atoms with E-state index in [1.165, 1.54) is 35.7 Å². The molecule has 3 rings (SSSR count). The van der Waals surface area contributed by atoms with Crippen molar-refractivity contribution in [3.63, 3.8) is 0 Å². The lowest BCUT2D eigenvalue weighted by molar-refractivity contribution is -0.115. The minimum atomic E-state index is -0.0829. The van der Waals surface area contributed by atoms with Crippen LogP contribution in [-0.4, -0.2) is 10.2 Å². The Labute approximate surface area is 109 Å². The first-order valence-electron chi connectivity index (χ1n) is 5.59. The molecule has 0 saturated carbocycles. The van der Waals surface area contributed by atoms with E-state index >= 15 is 0 Å². The molecule has 0 atom stereocenters. The Morgan fingerprint density at radius 3 is 2.88 bits per heavy atom. The molecule has 0 aromatic heterocycles. The van der Waals surface area contributed by atoms with Crippen molar-refractivity contribution in [2.45, 2.75) is 19.3 Å². The molecular formula is C13H11NOS2. The zero-order valence-corrected chi connectivity index (χ0v) is 10.8. The number of carbonyl (C=O) groups excluding carboxylic acids is 1. The molecule has 0 spiro atoms. The third-order valence-electron chi connectivity index (χ3n) is 3.06. The molecule has 1 fully saturated rings. The largest absolute Gasteiger partial charge is 0.307 e. The van der Waals surface area contributed by atoms with Gasteiger partial charge in [-0.25, -0.2) is 0 Å². The Morgan fingerprint density at radius 1 is 1.29 bits per heavy atom. The van der Waals surface area contributed by atoms with E-state index in [2.05, 4.69) is 23.5 Å². The molecule has 1 aromatic rings. The summed E-state index contributed by atoms with van der Waals surface area (Å²) < 4.78 is 0.544. The number of carbonyl (C=O) groups is 1. The van der Waals surface area contributed by atoms with Gasteiger partial charge in [0.25, 0.3) is 5.91 Å². The van der Waals surface area contributed by atoms with Crippen LogP contribution in [0.4, 0.5) is 0 Å². The first-order valence-corrected chi connectivity index (χ1v) is 6.81. The standard InChI is InChI=1S/C13H11NOS2/c15-12-11(17-13(16)14-12)7-8-4-5-9-2-1-3-10(9)6-8/h4-7H,1-3H2,(H,14,15,16)/b11-7-. The van der Waals surface area contributed by atoms with Crippen LogP contribution >= 0.6 is 24.0 Å². The highest BCUT2D eigenvalue weighted by Crippen LogP contribution is 2.28. The maximum absolute atomic E-state index is 11.5. The molecule has 1 aliphatic heterocycles. The van der Waals surface area contributed by atoms with Crippen molar-refractivity contribution in [3.05, 3.63) is 39.8 Å². The number of aryl methyl sites for hydroxylation is 2. The Bertz CT molecular complexity index is 548. The van der Waals surface area contributed by atoms with Crippen LogP contribution in [0, 0.1) is 0 Å². The molecule has 0 bridgehead atoms. The summed E-state index contributed by atoms with van der Waals surface area (Å²) in [6.45, 7) is 0. The molecule has 0 radical (unpaired) electrons. The number of benzene rings is 1. The molecule has 1 aliphatic carbocycles. The topological polar surface area (TPSA) is 29.1 Å². The predicted octanol–water partition coefficient (Wildman–Crippen LogP) is 2.66. The number of rotatable bonds is 1. The summed E-state index contributed by atoms with van der Waals surface area (Å²) in [5, 5.41) is 2.63. The van der Waals surface area contributed by atoms with Crippen LogP contribution in [0.3, 0.4) is 0 Å². The van der Waals surface area contributed by atoms with Gasteiger partial charge in [-0.1, -0.05) is 42.2 Å². The van der Waals surface area contributed by atoms with Crippen molar-refractivity contribution in [2.75, 3.05) is 0 Å². The lowest BCUT2D eigenvalue weighted by atomic mass is 10.1. The van der Waals surface area contributed by atoms with E-state index in [1.54, 1.807) is 0 Å². The van der Waals surface area contributed by atoms with Crippen LogP contribution in [0.1, 0.15) is 23.1 Å². The van der Waals surface area contributed by atoms with Crippen LogP contribution in [-0.2, 0) is 17.6 Å². The molecule has 2 nitrogen and oxygen atoms in total. The van der Waals surface area contributed by atoms with E-state index in [4.69, 9.17) is 12.2 Å². The van der Waals surface area contributed by atoms with E-state index in [1.807, 2.05) is 6.08 Å². The molecule has 4 heteroatoms. The van der Waals surface area contributed by atoms with Gasteiger partial charge in [-0.15, -0.1) is 0 Å². The molecule has 86 valence electrons. The van der Waals surface area contributed by atoms with E-state index in [9.17, 15) is 4.79 Å². The lowest BCUT2D eigenvalue weighted by Gasteiger charge is -2.01. The lowest BCUT2D eigenvalue weighted by Crippen LogP contribution is -2.17. The quantitative estimate of drug-likeness (QED) is 0.622. The third kappa shape index (κ3) is 2.15. The Morgan fingerprint density at radius 2 is 2.12 bits per heavy atom. The maximum atomic E-state index is 11.5. The third-order valence-corrected chi connectivity index (χ3v) is 4.23. The van der Waals surface area contributed by atoms with Crippen molar-refractivity contribution in [3.8, 4) is 0 Å². The summed E-state index contributed by atoms with van der Waals surface area (Å²) >= 11 is 6.29. The second kappa shape index (κ2) is 4.27. The van der Waals surface area contributed by atoms with Crippen molar-refractivity contribution in [2.24, 2.45) is 0 Å². The summed E-state index contributed by atoms with van der Waals surface area (Å²) in [6.07, 6.45) is 5.50. The minimum Gasteiger partial charge on any atom is -0.307 e. The van der Waals surface area contributed by atoms with E-state index in [-0.39, 0.29) is 5.91 Å². The zero-order chi connectivity index (χ0) is 11.8. The summed E-state index contributed by atoms with van der Waals surface area (Å²) in [5.41, 5.74) is 3.96. The highest BCUT2D eigenvalue weighted by atomic mass is 32.2. The molecule has 1 heterocycles. The van der Waals surface area contributed by atoms with Crippen LogP contribution < -0.4 is 5.32 Å². The number of fused-ring (bicyclic) bond motifs is 1. The maximum Gasteiger partial charge on any atom is 0.263 e. The van der Waals surface area contributed by atoms with Gasteiger partial charge in [-0.05, 0) is 42.0 Å². The molecular weight excluding hydrogens is 250 g/mol. The first kappa shape index (κ1) is 11.0. The second-order valence-electron chi connectivity index (χ2n) is 4.23. The molecule has 1 saturated heterocycles. The second-order valence-corrected chi connectivity index (χ2v) is 5.95. The molecule has 17 heavy (non-hydrogen) atoms.